The predicted molar refractivity (Wildman–Crippen MR) is 124 cm³/mol. The van der Waals surface area contributed by atoms with Gasteiger partial charge in [-0.05, 0) is 55.0 Å². The Morgan fingerprint density at radius 3 is 2.62 bits per heavy atom. The van der Waals surface area contributed by atoms with Gasteiger partial charge in [0.1, 0.15) is 6.10 Å². The van der Waals surface area contributed by atoms with E-state index < -0.39 is 0 Å². The Morgan fingerprint density at radius 2 is 1.93 bits per heavy atom. The minimum absolute atomic E-state index is 0. The molecule has 0 radical (unpaired) electrons. The zero-order chi connectivity index (χ0) is 19.8. The number of nitrogens with two attached hydrogens (primary N) is 1. The SMILES string of the molecule is COc1ccc(CCNC(N)=NCc2ccnc(OC3CCC3)c2)cc1OC.I. The summed E-state index contributed by atoms with van der Waals surface area (Å²) >= 11 is 0. The molecule has 1 aliphatic rings. The molecule has 0 spiro atoms. The molecule has 1 aromatic heterocycles. The fraction of sp³-hybridized carbons (Fsp3) is 0.429. The largest absolute Gasteiger partial charge is 0.493 e. The van der Waals surface area contributed by atoms with Gasteiger partial charge in [-0.15, -0.1) is 24.0 Å². The monoisotopic (exact) mass is 512 g/mol. The van der Waals surface area contributed by atoms with Crippen molar-refractivity contribution in [2.75, 3.05) is 20.8 Å². The Bertz CT molecular complexity index is 812. The Labute approximate surface area is 189 Å². The molecule has 29 heavy (non-hydrogen) atoms. The van der Waals surface area contributed by atoms with Gasteiger partial charge in [0.25, 0.3) is 0 Å². The third-order valence-corrected chi connectivity index (χ3v) is 4.74. The first-order valence-corrected chi connectivity index (χ1v) is 9.54. The van der Waals surface area contributed by atoms with Crippen LogP contribution in [0.4, 0.5) is 0 Å². The summed E-state index contributed by atoms with van der Waals surface area (Å²) in [7, 11) is 3.26. The summed E-state index contributed by atoms with van der Waals surface area (Å²) in [6, 6.07) is 9.73. The van der Waals surface area contributed by atoms with E-state index in [0.717, 1.165) is 41.9 Å². The molecule has 3 rings (SSSR count). The third kappa shape index (κ3) is 6.95. The molecular weight excluding hydrogens is 483 g/mol. The quantitative estimate of drug-likeness (QED) is 0.305. The maximum absolute atomic E-state index is 5.98. The average molecular weight is 512 g/mol. The number of nitrogens with one attached hydrogen (secondary N) is 1. The zero-order valence-corrected chi connectivity index (χ0v) is 19.2. The Morgan fingerprint density at radius 1 is 1.14 bits per heavy atom. The molecule has 7 nitrogen and oxygen atoms in total. The van der Waals surface area contributed by atoms with E-state index in [1.165, 1.54) is 6.42 Å². The van der Waals surface area contributed by atoms with E-state index in [1.807, 2.05) is 30.3 Å². The topological polar surface area (TPSA) is 91.0 Å². The van der Waals surface area contributed by atoms with Crippen LogP contribution in [0.15, 0.2) is 41.5 Å². The molecule has 0 saturated heterocycles. The van der Waals surface area contributed by atoms with E-state index >= 15 is 0 Å². The van der Waals surface area contributed by atoms with Gasteiger partial charge < -0.3 is 25.3 Å². The molecule has 2 aromatic rings. The van der Waals surface area contributed by atoms with Gasteiger partial charge in [-0.2, -0.15) is 0 Å². The third-order valence-electron chi connectivity index (χ3n) is 4.74. The lowest BCUT2D eigenvalue weighted by atomic mass is 9.96. The van der Waals surface area contributed by atoms with Crippen molar-refractivity contribution in [1.29, 1.82) is 0 Å². The van der Waals surface area contributed by atoms with E-state index in [1.54, 1.807) is 20.4 Å². The highest BCUT2D eigenvalue weighted by Crippen LogP contribution is 2.27. The summed E-state index contributed by atoms with van der Waals surface area (Å²) in [5.74, 6) is 2.52. The van der Waals surface area contributed by atoms with Gasteiger partial charge in [-0.25, -0.2) is 9.98 Å². The van der Waals surface area contributed by atoms with Gasteiger partial charge in [-0.3, -0.25) is 0 Å². The van der Waals surface area contributed by atoms with Crippen LogP contribution in [0.5, 0.6) is 17.4 Å². The van der Waals surface area contributed by atoms with Crippen LogP contribution in [0.1, 0.15) is 30.4 Å². The number of benzene rings is 1. The Hall–Kier alpha value is -2.23. The molecule has 1 saturated carbocycles. The number of aromatic nitrogens is 1. The predicted octanol–water partition coefficient (Wildman–Crippen LogP) is 3.30. The lowest BCUT2D eigenvalue weighted by molar-refractivity contribution is 0.114. The van der Waals surface area contributed by atoms with Gasteiger partial charge >= 0.3 is 0 Å². The van der Waals surface area contributed by atoms with Gasteiger partial charge in [0.05, 0.1) is 20.8 Å². The van der Waals surface area contributed by atoms with Gasteiger partial charge in [-0.1, -0.05) is 6.07 Å². The van der Waals surface area contributed by atoms with E-state index in [-0.39, 0.29) is 24.0 Å². The normalized spacial score (nSPS) is 13.8. The first-order valence-electron chi connectivity index (χ1n) is 9.54. The molecule has 1 heterocycles. The summed E-state index contributed by atoms with van der Waals surface area (Å²) < 4.78 is 16.4. The molecule has 8 heteroatoms. The first-order chi connectivity index (χ1) is 13.7. The number of ether oxygens (including phenoxy) is 3. The fourth-order valence-corrected chi connectivity index (χ4v) is 2.88. The second-order valence-corrected chi connectivity index (χ2v) is 6.74. The van der Waals surface area contributed by atoms with Crippen molar-refractivity contribution >= 4 is 29.9 Å². The summed E-state index contributed by atoms with van der Waals surface area (Å²) in [4.78, 5) is 8.66. The summed E-state index contributed by atoms with van der Waals surface area (Å²) in [6.07, 6.45) is 6.32. The number of aliphatic imine (C=N–C) groups is 1. The number of guanidine groups is 1. The molecule has 0 aliphatic heterocycles. The van der Waals surface area contributed by atoms with Crippen molar-refractivity contribution in [1.82, 2.24) is 10.3 Å². The number of halogens is 1. The Kier molecular flexibility index (Phi) is 9.30. The van der Waals surface area contributed by atoms with Crippen LogP contribution in [0, 0.1) is 0 Å². The maximum atomic E-state index is 5.98. The average Bonchev–Trinajstić information content (AvgIpc) is 2.69. The molecule has 1 fully saturated rings. The van der Waals surface area contributed by atoms with Crippen LogP contribution in [-0.2, 0) is 13.0 Å². The van der Waals surface area contributed by atoms with E-state index in [4.69, 9.17) is 19.9 Å². The molecule has 1 aromatic carbocycles. The number of hydrogen-bond donors (Lipinski definition) is 2. The van der Waals surface area contributed by atoms with Crippen molar-refractivity contribution < 1.29 is 14.2 Å². The maximum Gasteiger partial charge on any atom is 0.213 e. The second kappa shape index (κ2) is 11.7. The highest BCUT2D eigenvalue weighted by Gasteiger charge is 2.19. The standard InChI is InChI=1S/C21H28N4O3.HI/c1-26-18-7-6-15(12-19(18)27-2)8-11-24-21(22)25-14-16-9-10-23-20(13-16)28-17-4-3-5-17;/h6-7,9-10,12-13,17H,3-5,8,11,14H2,1-2H3,(H3,22,24,25);1H. The van der Waals surface area contributed by atoms with E-state index in [0.29, 0.717) is 31.0 Å². The summed E-state index contributed by atoms with van der Waals surface area (Å²) in [5, 5.41) is 3.14. The van der Waals surface area contributed by atoms with Crippen molar-refractivity contribution in [3.63, 3.8) is 0 Å². The first kappa shape index (κ1) is 23.1. The van der Waals surface area contributed by atoms with Crippen LogP contribution in [0.3, 0.4) is 0 Å². The number of hydrogen-bond acceptors (Lipinski definition) is 5. The van der Waals surface area contributed by atoms with Crippen LogP contribution in [0.2, 0.25) is 0 Å². The molecular formula is C21H29IN4O3. The van der Waals surface area contributed by atoms with Crippen LogP contribution in [-0.4, -0.2) is 37.8 Å². The molecule has 0 amide bonds. The number of nitrogens with zero attached hydrogens (tertiary/aromatic N) is 2. The van der Waals surface area contributed by atoms with E-state index in [2.05, 4.69) is 15.3 Å². The van der Waals surface area contributed by atoms with Crippen LogP contribution < -0.4 is 25.3 Å². The highest BCUT2D eigenvalue weighted by atomic mass is 127. The molecule has 0 unspecified atom stereocenters. The highest BCUT2D eigenvalue weighted by molar-refractivity contribution is 14.0. The van der Waals surface area contributed by atoms with Gasteiger partial charge in [0.2, 0.25) is 5.88 Å². The summed E-state index contributed by atoms with van der Waals surface area (Å²) in [5.41, 5.74) is 8.14. The summed E-state index contributed by atoms with van der Waals surface area (Å²) in [6.45, 7) is 1.16. The minimum atomic E-state index is 0. The zero-order valence-electron chi connectivity index (χ0n) is 16.9. The van der Waals surface area contributed by atoms with Crippen molar-refractivity contribution in [3.05, 3.63) is 47.7 Å². The number of pyridine rings is 1. The fourth-order valence-electron chi connectivity index (χ4n) is 2.88. The number of rotatable bonds is 9. The lowest BCUT2D eigenvalue weighted by Gasteiger charge is -2.25. The lowest BCUT2D eigenvalue weighted by Crippen LogP contribution is -2.33. The molecule has 3 N–H and O–H groups in total. The van der Waals surface area contributed by atoms with Crippen molar-refractivity contribution in [2.24, 2.45) is 10.7 Å². The smallest absolute Gasteiger partial charge is 0.213 e. The van der Waals surface area contributed by atoms with Crippen molar-refractivity contribution in [3.8, 4) is 17.4 Å². The molecule has 0 bridgehead atoms. The van der Waals surface area contributed by atoms with Crippen LogP contribution in [0.25, 0.3) is 0 Å². The van der Waals surface area contributed by atoms with Gasteiger partial charge in [0.15, 0.2) is 17.5 Å². The molecule has 1 aliphatic carbocycles. The number of methoxy groups -OCH3 is 2. The van der Waals surface area contributed by atoms with Gasteiger partial charge in [0, 0.05) is 18.8 Å². The Balaban J connectivity index is 0.00000300. The molecule has 0 atom stereocenters. The second-order valence-electron chi connectivity index (χ2n) is 6.74. The molecule has 158 valence electrons. The van der Waals surface area contributed by atoms with Crippen LogP contribution >= 0.6 is 24.0 Å². The van der Waals surface area contributed by atoms with E-state index in [9.17, 15) is 0 Å². The minimum Gasteiger partial charge on any atom is -0.493 e. The van der Waals surface area contributed by atoms with Crippen molar-refractivity contribution in [2.45, 2.75) is 38.3 Å².